The summed E-state index contributed by atoms with van der Waals surface area (Å²) < 4.78 is 0. The van der Waals surface area contributed by atoms with Crippen LogP contribution < -0.4 is 0 Å². The second kappa shape index (κ2) is 3.04. The molecule has 0 fully saturated rings. The largest absolute Gasteiger partial charge is 0.361 e. The van der Waals surface area contributed by atoms with Crippen LogP contribution in [-0.2, 0) is 0 Å². The third kappa shape index (κ3) is 1.47. The van der Waals surface area contributed by atoms with Crippen LogP contribution in [0.15, 0.2) is 30.3 Å². The highest BCUT2D eigenvalue weighted by atomic mass is 35.5. The zero-order valence-electron chi connectivity index (χ0n) is 6.66. The molecule has 2 rings (SSSR count). The summed E-state index contributed by atoms with van der Waals surface area (Å²) >= 11 is 5.80. The van der Waals surface area contributed by atoms with Gasteiger partial charge < -0.3 is 4.85 Å². The van der Waals surface area contributed by atoms with Gasteiger partial charge in [0.05, 0.1) is 0 Å². The van der Waals surface area contributed by atoms with Crippen molar-refractivity contribution in [2.45, 2.75) is 0 Å². The Morgan fingerprint density at radius 1 is 1.23 bits per heavy atom. The fraction of sp³-hybridized carbons (Fsp3) is 0. The number of fused-ring (bicyclic) bond motifs is 1. The Hall–Kier alpha value is -1.59. The lowest BCUT2D eigenvalue weighted by Crippen LogP contribution is -1.77. The minimum absolute atomic E-state index is 0.412. The lowest BCUT2D eigenvalue weighted by Gasteiger charge is -1.94. The molecular weight excluding hydrogens is 184 g/mol. The van der Waals surface area contributed by atoms with E-state index >= 15 is 0 Å². The molecule has 0 saturated carbocycles. The Morgan fingerprint density at radius 2 is 2.08 bits per heavy atom. The summed E-state index contributed by atoms with van der Waals surface area (Å²) in [5.41, 5.74) is 0.804. The smallest absolute Gasteiger partial charge is 0.270 e. The van der Waals surface area contributed by atoms with Crippen LogP contribution in [0.5, 0.6) is 0 Å². The normalized spacial score (nSPS) is 9.85. The van der Waals surface area contributed by atoms with Crippen LogP contribution in [0.1, 0.15) is 0 Å². The third-order valence-electron chi connectivity index (χ3n) is 1.75. The van der Waals surface area contributed by atoms with Crippen LogP contribution in [0.25, 0.3) is 15.7 Å². The summed E-state index contributed by atoms with van der Waals surface area (Å²) in [6.07, 6.45) is 0. The van der Waals surface area contributed by atoms with Crippen molar-refractivity contribution >= 4 is 28.3 Å². The monoisotopic (exact) mass is 188 g/mol. The molecule has 3 heteroatoms. The molecule has 62 valence electrons. The molecule has 0 N–H and O–H groups in total. The van der Waals surface area contributed by atoms with Crippen molar-refractivity contribution in [1.29, 1.82) is 0 Å². The van der Waals surface area contributed by atoms with Crippen molar-refractivity contribution in [3.05, 3.63) is 46.8 Å². The zero-order valence-corrected chi connectivity index (χ0v) is 7.42. The van der Waals surface area contributed by atoms with Gasteiger partial charge in [-0.25, -0.2) is 0 Å². The SMILES string of the molecule is [C-]#[N+]c1ccc2cc(Cl)ccc2n1. The quantitative estimate of drug-likeness (QED) is 0.579. The molecule has 0 unspecified atom stereocenters. The van der Waals surface area contributed by atoms with Gasteiger partial charge in [-0.15, -0.1) is 4.98 Å². The molecule has 0 atom stereocenters. The first-order chi connectivity index (χ1) is 6.29. The Kier molecular flexibility index (Phi) is 1.88. The van der Waals surface area contributed by atoms with Crippen molar-refractivity contribution in [1.82, 2.24) is 4.98 Å². The van der Waals surface area contributed by atoms with Gasteiger partial charge in [-0.05, 0) is 24.3 Å². The zero-order chi connectivity index (χ0) is 9.26. The van der Waals surface area contributed by atoms with Gasteiger partial charge in [0, 0.05) is 10.4 Å². The van der Waals surface area contributed by atoms with E-state index in [-0.39, 0.29) is 0 Å². The highest BCUT2D eigenvalue weighted by Crippen LogP contribution is 2.20. The van der Waals surface area contributed by atoms with E-state index in [0.717, 1.165) is 10.9 Å². The summed E-state index contributed by atoms with van der Waals surface area (Å²) in [4.78, 5) is 7.37. The molecular formula is C10H5ClN2. The van der Waals surface area contributed by atoms with Gasteiger partial charge in [0.25, 0.3) is 5.82 Å². The van der Waals surface area contributed by atoms with Gasteiger partial charge in [-0.2, -0.15) is 0 Å². The number of pyridine rings is 1. The maximum Gasteiger partial charge on any atom is 0.270 e. The van der Waals surface area contributed by atoms with Gasteiger partial charge in [0.2, 0.25) is 0 Å². The first kappa shape index (κ1) is 8.03. The minimum atomic E-state index is 0.412. The molecule has 0 aliphatic carbocycles. The molecule has 0 bridgehead atoms. The van der Waals surface area contributed by atoms with E-state index in [2.05, 4.69) is 9.83 Å². The average molecular weight is 189 g/mol. The number of halogens is 1. The van der Waals surface area contributed by atoms with Gasteiger partial charge >= 0.3 is 0 Å². The number of nitrogens with zero attached hydrogens (tertiary/aromatic N) is 2. The van der Waals surface area contributed by atoms with Crippen LogP contribution in [-0.4, -0.2) is 4.98 Å². The van der Waals surface area contributed by atoms with E-state index in [4.69, 9.17) is 18.2 Å². The topological polar surface area (TPSA) is 17.2 Å². The van der Waals surface area contributed by atoms with E-state index < -0.39 is 0 Å². The third-order valence-corrected chi connectivity index (χ3v) is 1.99. The molecule has 0 radical (unpaired) electrons. The Balaban J connectivity index is 2.75. The molecule has 0 aliphatic heterocycles. The first-order valence-electron chi connectivity index (χ1n) is 3.73. The first-order valence-corrected chi connectivity index (χ1v) is 4.11. The second-order valence-corrected chi connectivity index (χ2v) is 3.05. The molecule has 0 saturated heterocycles. The molecule has 0 spiro atoms. The number of benzene rings is 1. The molecule has 1 heterocycles. The fourth-order valence-electron chi connectivity index (χ4n) is 1.15. The van der Waals surface area contributed by atoms with Crippen molar-refractivity contribution < 1.29 is 0 Å². The van der Waals surface area contributed by atoms with Crippen molar-refractivity contribution in [3.8, 4) is 0 Å². The van der Waals surface area contributed by atoms with Crippen molar-refractivity contribution in [2.24, 2.45) is 0 Å². The highest BCUT2D eigenvalue weighted by Gasteiger charge is 2.00. The number of aromatic nitrogens is 1. The lowest BCUT2D eigenvalue weighted by atomic mass is 10.2. The van der Waals surface area contributed by atoms with Crippen molar-refractivity contribution in [3.63, 3.8) is 0 Å². The lowest BCUT2D eigenvalue weighted by molar-refractivity contribution is 1.44. The maximum absolute atomic E-state index is 6.80. The summed E-state index contributed by atoms with van der Waals surface area (Å²) in [6, 6.07) is 8.95. The Morgan fingerprint density at radius 3 is 2.85 bits per heavy atom. The molecule has 1 aromatic carbocycles. The Labute approximate surface area is 80.6 Å². The standard InChI is InChI=1S/C10H5ClN2/c1-12-10-5-2-7-6-8(11)3-4-9(7)13-10/h2-6H. The second-order valence-electron chi connectivity index (χ2n) is 2.62. The molecule has 2 nitrogen and oxygen atoms in total. The number of hydrogen-bond donors (Lipinski definition) is 0. The van der Waals surface area contributed by atoms with E-state index in [1.807, 2.05) is 18.2 Å². The summed E-state index contributed by atoms with van der Waals surface area (Å²) in [7, 11) is 0. The summed E-state index contributed by atoms with van der Waals surface area (Å²) in [5, 5.41) is 1.64. The summed E-state index contributed by atoms with van der Waals surface area (Å²) in [5.74, 6) is 0.412. The predicted octanol–water partition coefficient (Wildman–Crippen LogP) is 3.44. The maximum atomic E-state index is 6.80. The van der Waals surface area contributed by atoms with Gasteiger partial charge in [-0.3, -0.25) is 0 Å². The van der Waals surface area contributed by atoms with E-state index in [0.29, 0.717) is 10.8 Å². The van der Waals surface area contributed by atoms with Crippen LogP contribution in [0.3, 0.4) is 0 Å². The van der Waals surface area contributed by atoms with Crippen LogP contribution in [0, 0.1) is 6.57 Å². The molecule has 1 aromatic heterocycles. The Bertz CT molecular complexity index is 500. The van der Waals surface area contributed by atoms with Crippen LogP contribution >= 0.6 is 11.6 Å². The number of hydrogen-bond acceptors (Lipinski definition) is 1. The summed E-state index contributed by atoms with van der Waals surface area (Å²) in [6.45, 7) is 6.80. The van der Waals surface area contributed by atoms with E-state index in [1.165, 1.54) is 0 Å². The van der Waals surface area contributed by atoms with Gasteiger partial charge in [0.1, 0.15) is 0 Å². The molecule has 2 aromatic rings. The van der Waals surface area contributed by atoms with Gasteiger partial charge in [-0.1, -0.05) is 24.2 Å². The molecule has 0 aliphatic rings. The highest BCUT2D eigenvalue weighted by molar-refractivity contribution is 6.31. The van der Waals surface area contributed by atoms with Crippen molar-refractivity contribution in [2.75, 3.05) is 0 Å². The molecule has 13 heavy (non-hydrogen) atoms. The van der Waals surface area contributed by atoms with Crippen LogP contribution in [0.4, 0.5) is 5.82 Å². The van der Waals surface area contributed by atoms with Crippen LogP contribution in [0.2, 0.25) is 5.02 Å². The van der Waals surface area contributed by atoms with Gasteiger partial charge in [0.15, 0.2) is 5.52 Å². The van der Waals surface area contributed by atoms with E-state index in [9.17, 15) is 0 Å². The average Bonchev–Trinajstić information content (AvgIpc) is 2.17. The van der Waals surface area contributed by atoms with E-state index in [1.54, 1.807) is 12.1 Å². The predicted molar refractivity (Wildman–Crippen MR) is 53.0 cm³/mol. The molecule has 0 amide bonds. The minimum Gasteiger partial charge on any atom is -0.361 e. The fourth-order valence-corrected chi connectivity index (χ4v) is 1.33. The number of rotatable bonds is 0.